The van der Waals surface area contributed by atoms with Gasteiger partial charge in [0.1, 0.15) is 5.75 Å². The van der Waals surface area contributed by atoms with Gasteiger partial charge < -0.3 is 20.4 Å². The number of nitrogens with two attached hydrogens (primary N) is 1. The number of anilines is 1. The molecule has 0 bridgehead atoms. The van der Waals surface area contributed by atoms with Gasteiger partial charge in [-0.25, -0.2) is 0 Å². The summed E-state index contributed by atoms with van der Waals surface area (Å²) in [7, 11) is 1.51. The predicted octanol–water partition coefficient (Wildman–Crippen LogP) is -0.940. The molecule has 0 saturated heterocycles. The van der Waals surface area contributed by atoms with E-state index in [1.165, 1.54) is 19.2 Å². The van der Waals surface area contributed by atoms with Gasteiger partial charge in [-0.05, 0) is 29.8 Å². The molecule has 6 nitrogen and oxygen atoms in total. The van der Waals surface area contributed by atoms with Gasteiger partial charge in [-0.2, -0.15) is 10.2 Å². The van der Waals surface area contributed by atoms with Crippen LogP contribution in [0.4, 0.5) is 17.1 Å². The first-order chi connectivity index (χ1) is 9.60. The van der Waals surface area contributed by atoms with Crippen LogP contribution in [0.2, 0.25) is 0 Å². The number of nitrogen functional groups attached to an aromatic ring is 1. The van der Waals surface area contributed by atoms with Crippen LogP contribution in [0.3, 0.4) is 0 Å². The van der Waals surface area contributed by atoms with Gasteiger partial charge in [-0.1, -0.05) is 12.1 Å². The molecule has 0 atom stereocenters. The third-order valence-corrected chi connectivity index (χ3v) is 2.58. The minimum absolute atomic E-state index is 0. The van der Waals surface area contributed by atoms with Crippen LogP contribution in [0, 0.1) is 0 Å². The van der Waals surface area contributed by atoms with Crippen LogP contribution < -0.4 is 45.1 Å². The number of nitrogens with zero attached hydrogens (tertiary/aromatic N) is 2. The minimum atomic E-state index is -1.25. The topological polar surface area (TPSA) is 100 Å². The third-order valence-electron chi connectivity index (χ3n) is 2.58. The maximum Gasteiger partial charge on any atom is 1.00 e. The van der Waals surface area contributed by atoms with Gasteiger partial charge in [0.2, 0.25) is 0 Å². The van der Waals surface area contributed by atoms with Crippen molar-refractivity contribution < 1.29 is 44.2 Å². The first-order valence-electron chi connectivity index (χ1n) is 5.77. The number of benzene rings is 2. The van der Waals surface area contributed by atoms with E-state index in [0.29, 0.717) is 22.8 Å². The summed E-state index contributed by atoms with van der Waals surface area (Å²) in [5.74, 6) is -0.749. The minimum Gasteiger partial charge on any atom is -0.545 e. The van der Waals surface area contributed by atoms with E-state index < -0.39 is 5.97 Å². The van der Waals surface area contributed by atoms with Crippen LogP contribution in [-0.2, 0) is 0 Å². The van der Waals surface area contributed by atoms with E-state index in [0.717, 1.165) is 0 Å². The number of hydrogen-bond donors (Lipinski definition) is 1. The van der Waals surface area contributed by atoms with Crippen LogP contribution in [0.5, 0.6) is 5.75 Å². The number of carboxylic acid groups (broad SMARTS) is 1. The van der Waals surface area contributed by atoms with E-state index in [9.17, 15) is 9.90 Å². The Kier molecular flexibility index (Phi) is 6.36. The van der Waals surface area contributed by atoms with Gasteiger partial charge >= 0.3 is 29.6 Å². The molecule has 0 aliphatic carbocycles. The summed E-state index contributed by atoms with van der Waals surface area (Å²) >= 11 is 0. The van der Waals surface area contributed by atoms with Gasteiger partial charge in [0.25, 0.3) is 0 Å². The molecule has 0 saturated carbocycles. The van der Waals surface area contributed by atoms with Crippen molar-refractivity contribution in [3.05, 3.63) is 48.0 Å². The van der Waals surface area contributed by atoms with Gasteiger partial charge in [-0.3, -0.25) is 0 Å². The van der Waals surface area contributed by atoms with Gasteiger partial charge in [0, 0.05) is 6.07 Å². The van der Waals surface area contributed by atoms with Crippen molar-refractivity contribution in [3.63, 3.8) is 0 Å². The Labute approximate surface area is 143 Å². The van der Waals surface area contributed by atoms with Crippen molar-refractivity contribution in [2.24, 2.45) is 10.2 Å². The number of carbonyl (C=O) groups excluding carboxylic acids is 1. The number of hydrogen-bond acceptors (Lipinski definition) is 6. The Bertz CT molecular complexity index is 674. The zero-order chi connectivity index (χ0) is 14.5. The molecule has 2 aromatic carbocycles. The SMILES string of the molecule is COc1cc(N=Nc2cccc(C(=O)[O-])c2)ccc1N.[Na+]. The number of carbonyl (C=O) groups is 1. The Balaban J connectivity index is 0.00000220. The zero-order valence-corrected chi connectivity index (χ0v) is 13.7. The first-order valence-corrected chi connectivity index (χ1v) is 5.77. The Hall–Kier alpha value is -1.89. The molecule has 102 valence electrons. The fraction of sp³-hybridized carbons (Fsp3) is 0.0714. The summed E-state index contributed by atoms with van der Waals surface area (Å²) in [6.45, 7) is 0. The third kappa shape index (κ3) is 4.56. The second kappa shape index (κ2) is 7.78. The largest absolute Gasteiger partial charge is 1.00 e. The Morgan fingerprint density at radius 2 is 1.81 bits per heavy atom. The molecule has 0 aliphatic heterocycles. The van der Waals surface area contributed by atoms with Crippen LogP contribution in [0.25, 0.3) is 0 Å². The zero-order valence-electron chi connectivity index (χ0n) is 11.7. The number of azo groups is 1. The number of ether oxygens (including phenoxy) is 1. The monoisotopic (exact) mass is 293 g/mol. The molecule has 0 fully saturated rings. The fourth-order valence-corrected chi connectivity index (χ4v) is 1.57. The van der Waals surface area contributed by atoms with E-state index in [2.05, 4.69) is 10.2 Å². The smallest absolute Gasteiger partial charge is 0.545 e. The molecule has 2 N–H and O–H groups in total. The molecule has 0 radical (unpaired) electrons. The quantitative estimate of drug-likeness (QED) is 0.446. The molecule has 7 heteroatoms. The van der Waals surface area contributed by atoms with Crippen molar-refractivity contribution in [1.82, 2.24) is 0 Å². The number of aromatic carboxylic acids is 1. The summed E-state index contributed by atoms with van der Waals surface area (Å²) in [6.07, 6.45) is 0. The van der Waals surface area contributed by atoms with Gasteiger partial charge in [0.05, 0.1) is 30.1 Å². The normalized spacial score (nSPS) is 10.1. The van der Waals surface area contributed by atoms with Crippen molar-refractivity contribution in [3.8, 4) is 5.75 Å². The average molecular weight is 293 g/mol. The maximum absolute atomic E-state index is 10.7. The average Bonchev–Trinajstić information content (AvgIpc) is 2.46. The molecule has 2 aromatic rings. The van der Waals surface area contributed by atoms with Crippen molar-refractivity contribution in [2.45, 2.75) is 0 Å². The van der Waals surface area contributed by atoms with Crippen LogP contribution in [0.1, 0.15) is 10.4 Å². The van der Waals surface area contributed by atoms with E-state index in [1.807, 2.05) is 0 Å². The van der Waals surface area contributed by atoms with Crippen LogP contribution in [-0.4, -0.2) is 13.1 Å². The summed E-state index contributed by atoms with van der Waals surface area (Å²) < 4.78 is 5.08. The van der Waals surface area contributed by atoms with Crippen molar-refractivity contribution >= 4 is 23.0 Å². The molecule has 0 aromatic heterocycles. The molecule has 0 amide bonds. The van der Waals surface area contributed by atoms with Gasteiger partial charge in [0.15, 0.2) is 0 Å². The van der Waals surface area contributed by atoms with Crippen molar-refractivity contribution in [1.29, 1.82) is 0 Å². The van der Waals surface area contributed by atoms with Crippen molar-refractivity contribution in [2.75, 3.05) is 12.8 Å². The summed E-state index contributed by atoms with van der Waals surface area (Å²) in [5, 5.41) is 18.7. The maximum atomic E-state index is 10.7. The standard InChI is InChI=1S/C14H13N3O3.Na/c1-20-13-8-11(5-6-12(13)15)17-16-10-4-2-3-9(7-10)14(18)19;/h2-8H,15H2,1H3,(H,18,19);/q;+1/p-1. The second-order valence-electron chi connectivity index (χ2n) is 3.96. The number of methoxy groups -OCH3 is 1. The Morgan fingerprint density at radius 3 is 2.43 bits per heavy atom. The molecule has 0 heterocycles. The van der Waals surface area contributed by atoms with E-state index >= 15 is 0 Å². The summed E-state index contributed by atoms with van der Waals surface area (Å²) in [6, 6.07) is 11.0. The number of rotatable bonds is 4. The molecular weight excluding hydrogens is 281 g/mol. The van der Waals surface area contributed by atoms with Crippen LogP contribution >= 0.6 is 0 Å². The van der Waals surface area contributed by atoms with E-state index in [4.69, 9.17) is 10.5 Å². The molecule has 0 aliphatic rings. The summed E-state index contributed by atoms with van der Waals surface area (Å²) in [4.78, 5) is 10.7. The molecular formula is C14H12N3NaO3. The molecule has 21 heavy (non-hydrogen) atoms. The summed E-state index contributed by atoms with van der Waals surface area (Å²) in [5.41, 5.74) is 7.22. The van der Waals surface area contributed by atoms with Gasteiger partial charge in [-0.15, -0.1) is 0 Å². The van der Waals surface area contributed by atoms with E-state index in [1.54, 1.807) is 30.3 Å². The number of carboxylic acids is 1. The van der Waals surface area contributed by atoms with E-state index in [-0.39, 0.29) is 35.1 Å². The molecule has 2 rings (SSSR count). The second-order valence-corrected chi connectivity index (χ2v) is 3.96. The Morgan fingerprint density at radius 1 is 1.14 bits per heavy atom. The predicted molar refractivity (Wildman–Crippen MR) is 72.4 cm³/mol. The fourth-order valence-electron chi connectivity index (χ4n) is 1.57. The first kappa shape index (κ1) is 17.2. The molecule has 0 unspecified atom stereocenters. The van der Waals surface area contributed by atoms with Crippen LogP contribution in [0.15, 0.2) is 52.7 Å². The molecule has 0 spiro atoms.